The van der Waals surface area contributed by atoms with Gasteiger partial charge < -0.3 is 13.3 Å². The van der Waals surface area contributed by atoms with Crippen LogP contribution in [0.25, 0.3) is 0 Å². The topological polar surface area (TPSA) is 27.7 Å². The molecule has 0 aromatic carbocycles. The van der Waals surface area contributed by atoms with Crippen molar-refractivity contribution in [2.45, 2.75) is 33.7 Å². The Morgan fingerprint density at radius 1 is 0.929 bits per heavy atom. The molecule has 0 aromatic heterocycles. The highest BCUT2D eigenvalue weighted by molar-refractivity contribution is 6.61. The lowest BCUT2D eigenvalue weighted by Gasteiger charge is -2.27. The van der Waals surface area contributed by atoms with Crippen molar-refractivity contribution in [2.24, 2.45) is 0 Å². The van der Waals surface area contributed by atoms with Crippen molar-refractivity contribution in [1.29, 1.82) is 0 Å². The molecule has 0 aliphatic rings. The Bertz CT molecular complexity index is 142. The molecule has 0 aliphatic carbocycles. The van der Waals surface area contributed by atoms with E-state index in [2.05, 4.69) is 0 Å². The number of hydrogen-bond acceptors (Lipinski definition) is 3. The van der Waals surface area contributed by atoms with E-state index in [0.29, 0.717) is 19.8 Å². The van der Waals surface area contributed by atoms with Gasteiger partial charge in [-0.1, -0.05) is 12.2 Å². The fourth-order valence-corrected chi connectivity index (χ4v) is 3.67. The van der Waals surface area contributed by atoms with E-state index in [1.54, 1.807) is 0 Å². The highest BCUT2D eigenvalue weighted by Gasteiger charge is 2.38. The molecule has 14 heavy (non-hydrogen) atoms. The minimum Gasteiger partial charge on any atom is -0.374 e. The van der Waals surface area contributed by atoms with Crippen molar-refractivity contribution < 1.29 is 13.3 Å². The first-order chi connectivity index (χ1) is 6.74. The minimum absolute atomic E-state index is 0.643. The van der Waals surface area contributed by atoms with Crippen molar-refractivity contribution in [3.8, 4) is 0 Å². The van der Waals surface area contributed by atoms with Crippen LogP contribution in [0, 0.1) is 0 Å². The monoisotopic (exact) mass is 218 g/mol. The highest BCUT2D eigenvalue weighted by Crippen LogP contribution is 2.16. The van der Waals surface area contributed by atoms with Crippen molar-refractivity contribution in [2.75, 3.05) is 19.8 Å². The summed E-state index contributed by atoms with van der Waals surface area (Å²) >= 11 is 0. The van der Waals surface area contributed by atoms with Gasteiger partial charge >= 0.3 is 8.80 Å². The molecule has 0 spiro atoms. The zero-order valence-electron chi connectivity index (χ0n) is 9.71. The van der Waals surface area contributed by atoms with E-state index in [0.717, 1.165) is 6.04 Å². The van der Waals surface area contributed by atoms with Gasteiger partial charge in [-0.25, -0.2) is 0 Å². The minimum atomic E-state index is -2.40. The molecule has 0 aliphatic heterocycles. The smallest absolute Gasteiger partial charge is 0.374 e. The molecule has 4 heteroatoms. The van der Waals surface area contributed by atoms with E-state index in [-0.39, 0.29) is 0 Å². The van der Waals surface area contributed by atoms with E-state index in [9.17, 15) is 0 Å². The van der Waals surface area contributed by atoms with Gasteiger partial charge in [0.1, 0.15) is 0 Å². The average molecular weight is 218 g/mol. The maximum absolute atomic E-state index is 5.66. The van der Waals surface area contributed by atoms with Crippen LogP contribution in [0.2, 0.25) is 6.04 Å². The Morgan fingerprint density at radius 3 is 1.64 bits per heavy atom. The molecule has 0 atom stereocenters. The first-order valence-corrected chi connectivity index (χ1v) is 7.20. The van der Waals surface area contributed by atoms with Gasteiger partial charge in [0.25, 0.3) is 0 Å². The predicted molar refractivity (Wildman–Crippen MR) is 60.3 cm³/mol. The van der Waals surface area contributed by atoms with E-state index < -0.39 is 8.80 Å². The molecule has 3 nitrogen and oxygen atoms in total. The van der Waals surface area contributed by atoms with Crippen LogP contribution in [0.4, 0.5) is 0 Å². The van der Waals surface area contributed by atoms with Crippen LogP contribution in [0.15, 0.2) is 12.2 Å². The van der Waals surface area contributed by atoms with Gasteiger partial charge in [-0.2, -0.15) is 0 Å². The van der Waals surface area contributed by atoms with Crippen molar-refractivity contribution in [3.63, 3.8) is 0 Å². The molecular weight excluding hydrogens is 196 g/mol. The lowest BCUT2D eigenvalue weighted by atomic mass is 10.6. The maximum Gasteiger partial charge on any atom is 0.504 e. The predicted octanol–water partition coefficient (Wildman–Crippen LogP) is 2.61. The zero-order valence-corrected chi connectivity index (χ0v) is 10.7. The fourth-order valence-electron chi connectivity index (χ4n) is 1.22. The number of rotatable bonds is 8. The summed E-state index contributed by atoms with van der Waals surface area (Å²) in [7, 11) is -2.40. The molecule has 0 heterocycles. The second kappa shape index (κ2) is 8.17. The maximum atomic E-state index is 5.66. The summed E-state index contributed by atoms with van der Waals surface area (Å²) < 4.78 is 17.0. The molecule has 0 radical (unpaired) electrons. The van der Waals surface area contributed by atoms with Gasteiger partial charge in [0.05, 0.1) is 0 Å². The van der Waals surface area contributed by atoms with Crippen LogP contribution >= 0.6 is 0 Å². The third kappa shape index (κ3) is 4.90. The summed E-state index contributed by atoms with van der Waals surface area (Å²) in [6.07, 6.45) is 4.05. The van der Waals surface area contributed by atoms with Crippen LogP contribution in [0.3, 0.4) is 0 Å². The molecule has 0 saturated heterocycles. The van der Waals surface area contributed by atoms with Gasteiger partial charge in [0.15, 0.2) is 0 Å². The van der Waals surface area contributed by atoms with Crippen LogP contribution in [-0.4, -0.2) is 28.6 Å². The van der Waals surface area contributed by atoms with Gasteiger partial charge in [-0.3, -0.25) is 0 Å². The lowest BCUT2D eigenvalue weighted by Crippen LogP contribution is -2.45. The molecule has 0 rings (SSSR count). The Hall–Kier alpha value is -0.163. The van der Waals surface area contributed by atoms with Crippen molar-refractivity contribution in [3.05, 3.63) is 12.2 Å². The van der Waals surface area contributed by atoms with E-state index in [1.165, 1.54) is 0 Å². The Morgan fingerprint density at radius 2 is 1.36 bits per heavy atom. The fraction of sp³-hybridized carbons (Fsp3) is 0.800. The van der Waals surface area contributed by atoms with Crippen molar-refractivity contribution >= 4 is 8.80 Å². The first kappa shape index (κ1) is 13.8. The summed E-state index contributed by atoms with van der Waals surface area (Å²) in [5.41, 5.74) is 0. The third-order valence-electron chi connectivity index (χ3n) is 1.70. The summed E-state index contributed by atoms with van der Waals surface area (Å²) in [6, 6.07) is 0.763. The molecule has 0 unspecified atom stereocenters. The standard InChI is InChI=1S/C10H22O3Si/c1-5-9-10-14(11-6-2,12-7-3)13-8-4/h5,9H,6-8,10H2,1-4H3/b9-5+. The Balaban J connectivity index is 4.36. The Labute approximate surface area is 88.4 Å². The largest absolute Gasteiger partial charge is 0.504 e. The van der Waals surface area contributed by atoms with Crippen LogP contribution in [-0.2, 0) is 13.3 Å². The normalized spacial score (nSPS) is 12.6. The lowest BCUT2D eigenvalue weighted by molar-refractivity contribution is 0.0742. The summed E-state index contributed by atoms with van der Waals surface area (Å²) in [6.45, 7) is 9.82. The van der Waals surface area contributed by atoms with Crippen LogP contribution in [0.1, 0.15) is 27.7 Å². The van der Waals surface area contributed by atoms with E-state index >= 15 is 0 Å². The average Bonchev–Trinajstić information content (AvgIpc) is 2.16. The molecule has 84 valence electrons. The van der Waals surface area contributed by atoms with Crippen molar-refractivity contribution in [1.82, 2.24) is 0 Å². The number of hydrogen-bond donors (Lipinski definition) is 0. The summed E-state index contributed by atoms with van der Waals surface area (Å²) in [5.74, 6) is 0. The summed E-state index contributed by atoms with van der Waals surface area (Å²) in [4.78, 5) is 0. The molecular formula is C10H22O3Si. The van der Waals surface area contributed by atoms with Gasteiger partial charge in [0.2, 0.25) is 0 Å². The molecule has 0 saturated carbocycles. The third-order valence-corrected chi connectivity index (χ3v) is 4.62. The second-order valence-corrected chi connectivity index (χ2v) is 5.40. The van der Waals surface area contributed by atoms with E-state index in [4.69, 9.17) is 13.3 Å². The molecule has 0 bridgehead atoms. The molecule has 0 fully saturated rings. The first-order valence-electron chi connectivity index (χ1n) is 5.27. The number of allylic oxidation sites excluding steroid dienone is 2. The van der Waals surface area contributed by atoms with E-state index in [1.807, 2.05) is 39.8 Å². The second-order valence-electron chi connectivity index (χ2n) is 2.76. The zero-order chi connectivity index (χ0) is 10.9. The molecule has 0 aromatic rings. The SMILES string of the molecule is C/C=C/C[Si](OCC)(OCC)OCC. The molecule has 0 N–H and O–H groups in total. The quantitative estimate of drug-likeness (QED) is 0.463. The van der Waals surface area contributed by atoms with Crippen LogP contribution in [0.5, 0.6) is 0 Å². The highest BCUT2D eigenvalue weighted by atomic mass is 28.4. The van der Waals surface area contributed by atoms with Gasteiger partial charge in [0, 0.05) is 25.9 Å². The summed E-state index contributed by atoms with van der Waals surface area (Å²) in [5, 5.41) is 0. The van der Waals surface area contributed by atoms with Crippen LogP contribution < -0.4 is 0 Å². The van der Waals surface area contributed by atoms with Gasteiger partial charge in [-0.15, -0.1) is 0 Å². The Kier molecular flexibility index (Phi) is 8.08. The molecule has 0 amide bonds. The van der Waals surface area contributed by atoms with Gasteiger partial charge in [-0.05, 0) is 27.7 Å².